The molecule has 1 atom stereocenters. The normalized spacial score (nSPS) is 17.3. The second-order valence-corrected chi connectivity index (χ2v) is 7.25. The Morgan fingerprint density at radius 1 is 1.28 bits per heavy atom. The number of carbonyl (C=O) groups excluding carboxylic acids is 2. The minimum Gasteiger partial charge on any atom is -0.491 e. The number of carbonyl (C=O) groups is 2. The van der Waals surface area contributed by atoms with Gasteiger partial charge >= 0.3 is 12.1 Å². The number of ether oxygens (including phenoxy) is 3. The maximum atomic E-state index is 12.3. The van der Waals surface area contributed by atoms with E-state index in [0.29, 0.717) is 24.5 Å². The van der Waals surface area contributed by atoms with Crippen molar-refractivity contribution in [3.05, 3.63) is 29.3 Å². The molecule has 2 rings (SSSR count). The standard InChI is InChI=1S/C19H27NO5/c1-13-11-14(17(21)23-5)8-9-16(13)24-12-15-7-6-10-20(15)18(22)25-19(2,3)4/h8-9,11,15H,6-7,10,12H2,1-5H3. The van der Waals surface area contributed by atoms with Crippen molar-refractivity contribution in [1.82, 2.24) is 4.90 Å². The first kappa shape index (κ1) is 19.1. The van der Waals surface area contributed by atoms with Gasteiger partial charge < -0.3 is 19.1 Å². The molecule has 1 unspecified atom stereocenters. The van der Waals surface area contributed by atoms with Crippen molar-refractivity contribution in [3.8, 4) is 5.75 Å². The van der Waals surface area contributed by atoms with E-state index in [9.17, 15) is 9.59 Å². The molecule has 0 N–H and O–H groups in total. The maximum absolute atomic E-state index is 12.3. The van der Waals surface area contributed by atoms with Crippen LogP contribution in [0.3, 0.4) is 0 Å². The molecule has 138 valence electrons. The molecule has 0 bridgehead atoms. The molecule has 1 aliphatic rings. The Labute approximate surface area is 149 Å². The van der Waals surface area contributed by atoms with Crippen LogP contribution in [0.1, 0.15) is 49.5 Å². The molecule has 0 spiro atoms. The van der Waals surface area contributed by atoms with Gasteiger partial charge in [0.2, 0.25) is 0 Å². The van der Waals surface area contributed by atoms with Crippen molar-refractivity contribution in [2.45, 2.75) is 52.2 Å². The molecule has 1 aromatic carbocycles. The molecule has 1 heterocycles. The van der Waals surface area contributed by atoms with Gasteiger partial charge in [-0.25, -0.2) is 9.59 Å². The van der Waals surface area contributed by atoms with E-state index in [1.54, 1.807) is 23.1 Å². The van der Waals surface area contributed by atoms with E-state index in [1.807, 2.05) is 27.7 Å². The first-order valence-corrected chi connectivity index (χ1v) is 8.52. The number of aryl methyl sites for hydroxylation is 1. The number of nitrogens with zero attached hydrogens (tertiary/aromatic N) is 1. The van der Waals surface area contributed by atoms with Gasteiger partial charge in [-0.1, -0.05) is 0 Å². The van der Waals surface area contributed by atoms with E-state index in [0.717, 1.165) is 18.4 Å². The minimum absolute atomic E-state index is 0.00506. The van der Waals surface area contributed by atoms with Crippen LogP contribution in [0.25, 0.3) is 0 Å². The number of hydrogen-bond acceptors (Lipinski definition) is 5. The number of esters is 1. The summed E-state index contributed by atoms with van der Waals surface area (Å²) in [7, 11) is 1.35. The lowest BCUT2D eigenvalue weighted by Gasteiger charge is -2.28. The highest BCUT2D eigenvalue weighted by molar-refractivity contribution is 5.89. The number of amides is 1. The van der Waals surface area contributed by atoms with E-state index < -0.39 is 5.60 Å². The zero-order chi connectivity index (χ0) is 18.6. The molecule has 25 heavy (non-hydrogen) atoms. The fourth-order valence-electron chi connectivity index (χ4n) is 2.81. The topological polar surface area (TPSA) is 65.1 Å². The van der Waals surface area contributed by atoms with Crippen LogP contribution in [0.2, 0.25) is 0 Å². The number of benzene rings is 1. The van der Waals surface area contributed by atoms with Crippen LogP contribution in [-0.4, -0.2) is 48.9 Å². The van der Waals surface area contributed by atoms with Crippen molar-refractivity contribution < 1.29 is 23.8 Å². The van der Waals surface area contributed by atoms with E-state index in [-0.39, 0.29) is 18.1 Å². The smallest absolute Gasteiger partial charge is 0.410 e. The number of methoxy groups -OCH3 is 1. The summed E-state index contributed by atoms with van der Waals surface area (Å²) in [5.74, 6) is 0.324. The fourth-order valence-corrected chi connectivity index (χ4v) is 2.81. The van der Waals surface area contributed by atoms with Gasteiger partial charge in [-0.05, 0) is 64.3 Å². The Bertz CT molecular complexity index is 635. The molecule has 0 aliphatic carbocycles. The van der Waals surface area contributed by atoms with Gasteiger partial charge in [-0.2, -0.15) is 0 Å². The lowest BCUT2D eigenvalue weighted by atomic mass is 10.1. The van der Waals surface area contributed by atoms with Crippen molar-refractivity contribution in [1.29, 1.82) is 0 Å². The third-order valence-electron chi connectivity index (χ3n) is 4.03. The minimum atomic E-state index is -0.509. The molecule has 1 saturated heterocycles. The van der Waals surface area contributed by atoms with Gasteiger partial charge in [0, 0.05) is 6.54 Å². The Morgan fingerprint density at radius 3 is 2.60 bits per heavy atom. The predicted molar refractivity (Wildman–Crippen MR) is 94.0 cm³/mol. The summed E-state index contributed by atoms with van der Waals surface area (Å²) >= 11 is 0. The molecule has 1 aliphatic heterocycles. The van der Waals surface area contributed by atoms with E-state index in [4.69, 9.17) is 14.2 Å². The summed E-state index contributed by atoms with van der Waals surface area (Å²) in [4.78, 5) is 25.6. The quantitative estimate of drug-likeness (QED) is 0.778. The maximum Gasteiger partial charge on any atom is 0.410 e. The van der Waals surface area contributed by atoms with Gasteiger partial charge in [-0.15, -0.1) is 0 Å². The third kappa shape index (κ3) is 5.11. The van der Waals surface area contributed by atoms with E-state index in [2.05, 4.69) is 0 Å². The molecule has 6 nitrogen and oxygen atoms in total. The van der Waals surface area contributed by atoms with Gasteiger partial charge in [0.25, 0.3) is 0 Å². The van der Waals surface area contributed by atoms with Crippen LogP contribution >= 0.6 is 0 Å². The van der Waals surface area contributed by atoms with Crippen molar-refractivity contribution >= 4 is 12.1 Å². The zero-order valence-corrected chi connectivity index (χ0v) is 15.6. The largest absolute Gasteiger partial charge is 0.491 e. The number of rotatable bonds is 4. The summed E-state index contributed by atoms with van der Waals surface area (Å²) in [5.41, 5.74) is 0.832. The van der Waals surface area contributed by atoms with Crippen molar-refractivity contribution in [3.63, 3.8) is 0 Å². The number of likely N-dealkylation sites (tertiary alicyclic amines) is 1. The third-order valence-corrected chi connectivity index (χ3v) is 4.03. The Morgan fingerprint density at radius 2 is 2.00 bits per heavy atom. The van der Waals surface area contributed by atoms with Gasteiger partial charge in [0.05, 0.1) is 18.7 Å². The van der Waals surface area contributed by atoms with E-state index in [1.165, 1.54) is 7.11 Å². The highest BCUT2D eigenvalue weighted by Gasteiger charge is 2.32. The van der Waals surface area contributed by atoms with Crippen LogP contribution in [0.5, 0.6) is 5.75 Å². The Hall–Kier alpha value is -2.24. The van der Waals surface area contributed by atoms with Crippen molar-refractivity contribution in [2.75, 3.05) is 20.3 Å². The van der Waals surface area contributed by atoms with Crippen molar-refractivity contribution in [2.24, 2.45) is 0 Å². The monoisotopic (exact) mass is 349 g/mol. The van der Waals surface area contributed by atoms with Crippen LogP contribution in [0.15, 0.2) is 18.2 Å². The molecule has 1 aromatic rings. The summed E-state index contributed by atoms with van der Waals surface area (Å²) in [6.45, 7) is 8.54. The molecule has 1 amide bonds. The average Bonchev–Trinajstić information content (AvgIpc) is 3.00. The van der Waals surface area contributed by atoms with Gasteiger partial charge in [-0.3, -0.25) is 0 Å². The summed E-state index contributed by atoms with van der Waals surface area (Å²) in [6.07, 6.45) is 1.53. The van der Waals surface area contributed by atoms with Gasteiger partial charge in [0.1, 0.15) is 18.0 Å². The molecule has 1 fully saturated rings. The highest BCUT2D eigenvalue weighted by Crippen LogP contribution is 2.24. The molecule has 0 radical (unpaired) electrons. The first-order valence-electron chi connectivity index (χ1n) is 8.52. The Kier molecular flexibility index (Phi) is 5.93. The molecule has 0 aromatic heterocycles. The zero-order valence-electron chi connectivity index (χ0n) is 15.6. The second-order valence-electron chi connectivity index (χ2n) is 7.25. The SMILES string of the molecule is COC(=O)c1ccc(OCC2CCCN2C(=O)OC(C)(C)C)c(C)c1. The second kappa shape index (κ2) is 7.76. The van der Waals surface area contributed by atoms with Crippen LogP contribution in [-0.2, 0) is 9.47 Å². The average molecular weight is 349 g/mol. The summed E-state index contributed by atoms with van der Waals surface area (Å²) in [5, 5.41) is 0. The highest BCUT2D eigenvalue weighted by atomic mass is 16.6. The van der Waals surface area contributed by atoms with Crippen LogP contribution in [0, 0.1) is 6.92 Å². The van der Waals surface area contributed by atoms with Gasteiger partial charge in [0.15, 0.2) is 0 Å². The molecular weight excluding hydrogens is 322 g/mol. The summed E-state index contributed by atoms with van der Waals surface area (Å²) < 4.78 is 16.1. The predicted octanol–water partition coefficient (Wildman–Crippen LogP) is 3.56. The molecule has 6 heteroatoms. The molecule has 0 saturated carbocycles. The lowest BCUT2D eigenvalue weighted by molar-refractivity contribution is 0.0187. The summed E-state index contributed by atoms with van der Waals surface area (Å²) in [6, 6.07) is 5.17. The van der Waals surface area contributed by atoms with Crippen LogP contribution < -0.4 is 4.74 Å². The van der Waals surface area contributed by atoms with E-state index >= 15 is 0 Å². The molecular formula is C19H27NO5. The number of hydrogen-bond donors (Lipinski definition) is 0. The lowest BCUT2D eigenvalue weighted by Crippen LogP contribution is -2.42. The first-order chi connectivity index (χ1) is 11.7. The van der Waals surface area contributed by atoms with Crippen LogP contribution in [0.4, 0.5) is 4.79 Å². The fraction of sp³-hybridized carbons (Fsp3) is 0.579. The Balaban J connectivity index is 1.98.